The molecule has 1 heterocycles. The number of hydrogen-bond acceptors (Lipinski definition) is 4. The van der Waals surface area contributed by atoms with Gasteiger partial charge in [-0.3, -0.25) is 9.59 Å². The minimum Gasteiger partial charge on any atom is -0.486 e. The van der Waals surface area contributed by atoms with Crippen LogP contribution in [0, 0.1) is 0 Å². The van der Waals surface area contributed by atoms with Gasteiger partial charge in [-0.15, -0.1) is 0 Å². The molecule has 2 aromatic rings. The van der Waals surface area contributed by atoms with Crippen LogP contribution in [0.25, 0.3) is 0 Å². The van der Waals surface area contributed by atoms with E-state index in [-0.39, 0.29) is 36.3 Å². The van der Waals surface area contributed by atoms with Gasteiger partial charge in [-0.1, -0.05) is 15.9 Å². The van der Waals surface area contributed by atoms with Crippen molar-refractivity contribution in [1.29, 1.82) is 0 Å². The minimum atomic E-state index is -0.345. The fourth-order valence-electron chi connectivity index (χ4n) is 2.37. The van der Waals surface area contributed by atoms with Gasteiger partial charge in [-0.2, -0.15) is 0 Å². The van der Waals surface area contributed by atoms with Crippen LogP contribution in [0.2, 0.25) is 0 Å². The predicted molar refractivity (Wildman–Crippen MR) is 107 cm³/mol. The van der Waals surface area contributed by atoms with Crippen LogP contribution in [0.15, 0.2) is 45.3 Å². The summed E-state index contributed by atoms with van der Waals surface area (Å²) in [6, 6.07) is 10.8. The largest absolute Gasteiger partial charge is 0.486 e. The van der Waals surface area contributed by atoms with Crippen LogP contribution < -0.4 is 10.1 Å². The van der Waals surface area contributed by atoms with Crippen molar-refractivity contribution >= 4 is 27.7 Å². The first-order chi connectivity index (χ1) is 12.7. The van der Waals surface area contributed by atoms with Gasteiger partial charge in [0, 0.05) is 16.6 Å². The van der Waals surface area contributed by atoms with Crippen LogP contribution in [0.3, 0.4) is 0 Å². The van der Waals surface area contributed by atoms with E-state index in [0.717, 1.165) is 4.47 Å². The van der Waals surface area contributed by atoms with Gasteiger partial charge in [0.25, 0.3) is 5.91 Å². The summed E-state index contributed by atoms with van der Waals surface area (Å²) in [4.78, 5) is 26.1. The monoisotopic (exact) mass is 436 g/mol. The number of amides is 2. The summed E-state index contributed by atoms with van der Waals surface area (Å²) >= 11 is 3.37. The second-order valence-electron chi connectivity index (χ2n) is 7.13. The van der Waals surface area contributed by atoms with E-state index >= 15 is 0 Å². The predicted octanol–water partition coefficient (Wildman–Crippen LogP) is 4.00. The summed E-state index contributed by atoms with van der Waals surface area (Å²) in [6.07, 6.45) is 0. The number of nitrogens with one attached hydrogen (secondary N) is 1. The molecule has 2 amide bonds. The molecule has 0 saturated carbocycles. The Kier molecular flexibility index (Phi) is 7.07. The summed E-state index contributed by atoms with van der Waals surface area (Å²) in [7, 11) is 0. The third-order valence-electron chi connectivity index (χ3n) is 3.58. The molecule has 0 aliphatic carbocycles. The van der Waals surface area contributed by atoms with E-state index in [1.54, 1.807) is 12.1 Å². The quantitative estimate of drug-likeness (QED) is 0.711. The number of hydrogen-bond donors (Lipinski definition) is 1. The fourth-order valence-corrected chi connectivity index (χ4v) is 2.63. The van der Waals surface area contributed by atoms with Crippen molar-refractivity contribution in [2.45, 2.75) is 39.8 Å². The Morgan fingerprint density at radius 2 is 1.81 bits per heavy atom. The summed E-state index contributed by atoms with van der Waals surface area (Å²) < 4.78 is 12.2. The van der Waals surface area contributed by atoms with Gasteiger partial charge in [-0.05, 0) is 64.1 Å². The van der Waals surface area contributed by atoms with Crippen molar-refractivity contribution in [3.63, 3.8) is 0 Å². The molecule has 1 aromatic carbocycles. The number of likely N-dealkylation sites (N-methyl/N-ethyl adjacent to an activating group) is 1. The van der Waals surface area contributed by atoms with Gasteiger partial charge in [-0.25, -0.2) is 0 Å². The van der Waals surface area contributed by atoms with Crippen LogP contribution in [0.1, 0.15) is 44.0 Å². The maximum atomic E-state index is 12.6. The Morgan fingerprint density at radius 1 is 1.15 bits per heavy atom. The Bertz CT molecular complexity index is 778. The molecule has 0 radical (unpaired) electrons. The van der Waals surface area contributed by atoms with Crippen LogP contribution in [-0.2, 0) is 11.4 Å². The molecule has 6 nitrogen and oxygen atoms in total. The molecule has 0 aliphatic rings. The van der Waals surface area contributed by atoms with Crippen molar-refractivity contribution in [2.24, 2.45) is 0 Å². The molecule has 0 fully saturated rings. The normalized spacial score (nSPS) is 11.1. The lowest BCUT2D eigenvalue weighted by atomic mass is 10.1. The Morgan fingerprint density at radius 3 is 2.41 bits per heavy atom. The lowest BCUT2D eigenvalue weighted by Gasteiger charge is -2.24. The van der Waals surface area contributed by atoms with Gasteiger partial charge in [0.1, 0.15) is 18.1 Å². The number of furan rings is 1. The SMILES string of the molecule is CCN(CC(=O)NC(C)(C)C)C(=O)c1ccc(COc2ccc(Br)cc2)o1. The number of ether oxygens (including phenoxy) is 1. The average molecular weight is 437 g/mol. The smallest absolute Gasteiger partial charge is 0.290 e. The third-order valence-corrected chi connectivity index (χ3v) is 4.11. The zero-order valence-electron chi connectivity index (χ0n) is 16.0. The molecule has 1 aromatic heterocycles. The number of carbonyl (C=O) groups is 2. The van der Waals surface area contributed by atoms with Crippen molar-refractivity contribution < 1.29 is 18.7 Å². The number of nitrogens with zero attached hydrogens (tertiary/aromatic N) is 1. The highest BCUT2D eigenvalue weighted by molar-refractivity contribution is 9.10. The zero-order valence-corrected chi connectivity index (χ0v) is 17.6. The first-order valence-electron chi connectivity index (χ1n) is 8.75. The molecule has 0 saturated heterocycles. The molecule has 27 heavy (non-hydrogen) atoms. The first-order valence-corrected chi connectivity index (χ1v) is 9.54. The Balaban J connectivity index is 1.95. The molecule has 7 heteroatoms. The molecule has 0 aliphatic heterocycles. The maximum absolute atomic E-state index is 12.6. The second-order valence-corrected chi connectivity index (χ2v) is 8.04. The van der Waals surface area contributed by atoms with E-state index in [1.165, 1.54) is 4.90 Å². The van der Waals surface area contributed by atoms with E-state index in [1.807, 2.05) is 52.0 Å². The fraction of sp³-hybridized carbons (Fsp3) is 0.400. The van der Waals surface area contributed by atoms with Gasteiger partial charge in [0.05, 0.1) is 6.54 Å². The topological polar surface area (TPSA) is 71.8 Å². The maximum Gasteiger partial charge on any atom is 0.290 e. The van der Waals surface area contributed by atoms with Crippen molar-refractivity contribution in [1.82, 2.24) is 10.2 Å². The standard InChI is InChI=1S/C20H25BrN2O4/c1-5-23(12-18(24)22-20(2,3)4)19(25)17-11-10-16(27-17)13-26-15-8-6-14(21)7-9-15/h6-11H,5,12-13H2,1-4H3,(H,22,24). The highest BCUT2D eigenvalue weighted by Gasteiger charge is 2.22. The van der Waals surface area contributed by atoms with Crippen LogP contribution in [0.5, 0.6) is 5.75 Å². The number of rotatable bonds is 7. The van der Waals surface area contributed by atoms with E-state index in [2.05, 4.69) is 21.2 Å². The van der Waals surface area contributed by atoms with Crippen molar-refractivity contribution in [2.75, 3.05) is 13.1 Å². The zero-order chi connectivity index (χ0) is 20.0. The molecular weight excluding hydrogens is 412 g/mol. The average Bonchev–Trinajstić information content (AvgIpc) is 3.06. The molecule has 0 bridgehead atoms. The first kappa shape index (κ1) is 21.0. The summed E-state index contributed by atoms with van der Waals surface area (Å²) in [5.41, 5.74) is -0.345. The molecule has 0 atom stereocenters. The summed E-state index contributed by atoms with van der Waals surface area (Å²) in [5.74, 6) is 0.905. The molecule has 146 valence electrons. The van der Waals surface area contributed by atoms with Gasteiger partial charge >= 0.3 is 0 Å². The van der Waals surface area contributed by atoms with Gasteiger partial charge in [0.2, 0.25) is 5.91 Å². The highest BCUT2D eigenvalue weighted by Crippen LogP contribution is 2.18. The lowest BCUT2D eigenvalue weighted by Crippen LogP contribution is -2.47. The minimum absolute atomic E-state index is 0.0158. The van der Waals surface area contributed by atoms with Gasteiger partial charge < -0.3 is 19.4 Å². The van der Waals surface area contributed by atoms with E-state index < -0.39 is 0 Å². The number of benzene rings is 1. The van der Waals surface area contributed by atoms with E-state index in [9.17, 15) is 9.59 Å². The summed E-state index contributed by atoms with van der Waals surface area (Å²) in [5, 5.41) is 2.85. The Hall–Kier alpha value is -2.28. The molecule has 1 N–H and O–H groups in total. The van der Waals surface area contributed by atoms with Gasteiger partial charge in [0.15, 0.2) is 5.76 Å². The van der Waals surface area contributed by atoms with Crippen LogP contribution in [0.4, 0.5) is 0 Å². The lowest BCUT2D eigenvalue weighted by molar-refractivity contribution is -0.123. The summed E-state index contributed by atoms with van der Waals surface area (Å²) in [6.45, 7) is 8.11. The van der Waals surface area contributed by atoms with E-state index in [0.29, 0.717) is 18.1 Å². The molecule has 0 spiro atoms. The van der Waals surface area contributed by atoms with Crippen molar-refractivity contribution in [3.05, 3.63) is 52.4 Å². The van der Waals surface area contributed by atoms with Crippen LogP contribution in [-0.4, -0.2) is 35.3 Å². The Labute approximate surface area is 168 Å². The van der Waals surface area contributed by atoms with Crippen molar-refractivity contribution in [3.8, 4) is 5.75 Å². The molecule has 0 unspecified atom stereocenters. The van der Waals surface area contributed by atoms with Crippen LogP contribution >= 0.6 is 15.9 Å². The molecular formula is C20H25BrN2O4. The number of carbonyl (C=O) groups excluding carboxylic acids is 2. The molecule has 2 rings (SSSR count). The number of halogens is 1. The second kappa shape index (κ2) is 9.08. The van der Waals surface area contributed by atoms with E-state index in [4.69, 9.17) is 9.15 Å². The highest BCUT2D eigenvalue weighted by atomic mass is 79.9. The third kappa shape index (κ3) is 6.75.